The van der Waals surface area contributed by atoms with Crippen molar-refractivity contribution in [2.45, 2.75) is 38.6 Å². The minimum absolute atomic E-state index is 0.472. The smallest absolute Gasteiger partial charge is 0.164 e. The van der Waals surface area contributed by atoms with Gasteiger partial charge in [0.15, 0.2) is 5.82 Å². The summed E-state index contributed by atoms with van der Waals surface area (Å²) in [6, 6.07) is 4.46. The van der Waals surface area contributed by atoms with Gasteiger partial charge >= 0.3 is 0 Å². The topological polar surface area (TPSA) is 57.2 Å². The van der Waals surface area contributed by atoms with Gasteiger partial charge in [0, 0.05) is 61.6 Å². The molecule has 0 radical (unpaired) electrons. The lowest BCUT2D eigenvalue weighted by Crippen LogP contribution is -2.49. The first-order valence-corrected chi connectivity index (χ1v) is 11.9. The molecule has 2 aliphatic rings. The van der Waals surface area contributed by atoms with Crippen molar-refractivity contribution >= 4 is 27.4 Å². The highest BCUT2D eigenvalue weighted by molar-refractivity contribution is 7.19. The van der Waals surface area contributed by atoms with Crippen LogP contribution < -0.4 is 5.32 Å². The normalized spacial score (nSPS) is 19.0. The number of hydrogen-bond donors (Lipinski definition) is 1. The molecule has 3 aromatic rings. The van der Waals surface area contributed by atoms with Crippen LogP contribution in [0.4, 0.5) is 5.82 Å². The SMILES string of the molecule is CC(CNc1nc(-c2cccnc2)nc2sc3c(c12)CCCC3)N1CCN(C)CC1. The second-order valence-electron chi connectivity index (χ2n) is 8.60. The largest absolute Gasteiger partial charge is 0.368 e. The summed E-state index contributed by atoms with van der Waals surface area (Å²) < 4.78 is 0. The summed E-state index contributed by atoms with van der Waals surface area (Å²) in [6.07, 6.45) is 8.52. The van der Waals surface area contributed by atoms with E-state index in [0.717, 1.165) is 61.2 Å². The number of nitrogens with one attached hydrogen (secondary N) is 1. The van der Waals surface area contributed by atoms with Crippen LogP contribution >= 0.6 is 11.3 Å². The van der Waals surface area contributed by atoms with Gasteiger partial charge in [0.1, 0.15) is 10.6 Å². The maximum atomic E-state index is 5.00. The summed E-state index contributed by atoms with van der Waals surface area (Å²) >= 11 is 1.86. The molecular weight excluding hydrogens is 392 g/mol. The number of aromatic nitrogens is 3. The molecule has 1 aliphatic heterocycles. The molecule has 1 fully saturated rings. The molecule has 0 spiro atoms. The highest BCUT2D eigenvalue weighted by Crippen LogP contribution is 2.39. The average molecular weight is 423 g/mol. The molecule has 0 bridgehead atoms. The number of nitrogens with zero attached hydrogens (tertiary/aromatic N) is 5. The maximum Gasteiger partial charge on any atom is 0.164 e. The van der Waals surface area contributed by atoms with Gasteiger partial charge in [0.25, 0.3) is 0 Å². The lowest BCUT2D eigenvalue weighted by Gasteiger charge is -2.36. The Kier molecular flexibility index (Phi) is 5.67. The van der Waals surface area contributed by atoms with Crippen LogP contribution in [0.15, 0.2) is 24.5 Å². The molecule has 5 rings (SSSR count). The van der Waals surface area contributed by atoms with Crippen molar-refractivity contribution in [2.24, 2.45) is 0 Å². The standard InChI is InChI=1S/C23H30N6S/c1-16(29-12-10-28(2)11-13-29)14-25-22-20-18-7-3-4-8-19(18)30-23(20)27-21(26-22)17-6-5-9-24-15-17/h5-6,9,15-16H,3-4,7-8,10-14H2,1-2H3,(H,25,26,27). The molecule has 6 nitrogen and oxygen atoms in total. The summed E-state index contributed by atoms with van der Waals surface area (Å²) in [5, 5.41) is 4.98. The van der Waals surface area contributed by atoms with Gasteiger partial charge in [-0.2, -0.15) is 0 Å². The van der Waals surface area contributed by atoms with Gasteiger partial charge in [-0.15, -0.1) is 11.3 Å². The van der Waals surface area contributed by atoms with E-state index >= 15 is 0 Å². The summed E-state index contributed by atoms with van der Waals surface area (Å²) in [5.74, 6) is 1.77. The Morgan fingerprint density at radius 3 is 2.77 bits per heavy atom. The maximum absolute atomic E-state index is 5.00. The molecule has 4 heterocycles. The first-order valence-electron chi connectivity index (χ1n) is 11.1. The molecule has 1 atom stereocenters. The Balaban J connectivity index is 1.46. The Bertz CT molecular complexity index is 1010. The van der Waals surface area contributed by atoms with Crippen molar-refractivity contribution < 1.29 is 0 Å². The van der Waals surface area contributed by atoms with Crippen LogP contribution in [0.2, 0.25) is 0 Å². The first-order chi connectivity index (χ1) is 14.7. The number of likely N-dealkylation sites (N-methyl/N-ethyl adjacent to an activating group) is 1. The van der Waals surface area contributed by atoms with Gasteiger partial charge < -0.3 is 10.2 Å². The van der Waals surface area contributed by atoms with Crippen molar-refractivity contribution in [1.82, 2.24) is 24.8 Å². The molecule has 1 saturated heterocycles. The number of pyridine rings is 1. The average Bonchev–Trinajstić information content (AvgIpc) is 3.17. The van der Waals surface area contributed by atoms with E-state index in [9.17, 15) is 0 Å². The highest BCUT2D eigenvalue weighted by atomic mass is 32.1. The lowest BCUT2D eigenvalue weighted by molar-refractivity contribution is 0.123. The highest BCUT2D eigenvalue weighted by Gasteiger charge is 2.23. The van der Waals surface area contributed by atoms with E-state index in [1.165, 1.54) is 35.1 Å². The molecule has 1 N–H and O–H groups in total. The summed E-state index contributed by atoms with van der Waals surface area (Å²) in [6.45, 7) is 7.77. The van der Waals surface area contributed by atoms with Crippen LogP contribution in [0, 0.1) is 0 Å². The van der Waals surface area contributed by atoms with Crippen LogP contribution in [0.3, 0.4) is 0 Å². The van der Waals surface area contributed by atoms with Crippen LogP contribution in [0.1, 0.15) is 30.2 Å². The van der Waals surface area contributed by atoms with Gasteiger partial charge in [-0.1, -0.05) is 0 Å². The van der Waals surface area contributed by atoms with Gasteiger partial charge in [-0.3, -0.25) is 9.88 Å². The number of hydrogen-bond acceptors (Lipinski definition) is 7. The Morgan fingerprint density at radius 1 is 1.13 bits per heavy atom. The molecule has 3 aromatic heterocycles. The molecule has 0 saturated carbocycles. The Hall–Kier alpha value is -2.09. The monoisotopic (exact) mass is 422 g/mol. The summed E-state index contributed by atoms with van der Waals surface area (Å²) in [7, 11) is 2.21. The number of rotatable bonds is 5. The molecule has 1 unspecified atom stereocenters. The fourth-order valence-electron chi connectivity index (χ4n) is 4.55. The molecule has 0 aromatic carbocycles. The van der Waals surface area contributed by atoms with Crippen molar-refractivity contribution in [3.8, 4) is 11.4 Å². The van der Waals surface area contributed by atoms with Gasteiger partial charge in [0.05, 0.1) is 5.39 Å². The molecule has 30 heavy (non-hydrogen) atoms. The van der Waals surface area contributed by atoms with Gasteiger partial charge in [0.2, 0.25) is 0 Å². The summed E-state index contributed by atoms with van der Waals surface area (Å²) in [5.41, 5.74) is 2.45. The predicted molar refractivity (Wildman–Crippen MR) is 124 cm³/mol. The molecule has 0 amide bonds. The number of anilines is 1. The van der Waals surface area contributed by atoms with Crippen LogP contribution in [-0.4, -0.2) is 70.6 Å². The van der Waals surface area contributed by atoms with E-state index in [1.54, 1.807) is 6.20 Å². The Morgan fingerprint density at radius 2 is 1.97 bits per heavy atom. The van der Waals surface area contributed by atoms with Crippen molar-refractivity contribution in [3.63, 3.8) is 0 Å². The Labute approximate surface area is 182 Å². The fourth-order valence-corrected chi connectivity index (χ4v) is 5.81. The zero-order valence-corrected chi connectivity index (χ0v) is 18.7. The third-order valence-corrected chi connectivity index (χ3v) is 7.65. The molecule has 1 aliphatic carbocycles. The lowest BCUT2D eigenvalue weighted by atomic mass is 9.97. The predicted octanol–water partition coefficient (Wildman–Crippen LogP) is 3.68. The number of aryl methyl sites for hydroxylation is 2. The molecule has 7 heteroatoms. The van der Waals surface area contributed by atoms with Gasteiger partial charge in [-0.25, -0.2) is 9.97 Å². The first kappa shape index (κ1) is 19.8. The second kappa shape index (κ2) is 8.57. The van der Waals surface area contributed by atoms with E-state index in [-0.39, 0.29) is 0 Å². The number of piperazine rings is 1. The summed E-state index contributed by atoms with van der Waals surface area (Å²) in [4.78, 5) is 21.8. The van der Waals surface area contributed by atoms with E-state index < -0.39 is 0 Å². The zero-order valence-electron chi connectivity index (χ0n) is 17.9. The van der Waals surface area contributed by atoms with Crippen LogP contribution in [-0.2, 0) is 12.8 Å². The van der Waals surface area contributed by atoms with E-state index in [2.05, 4.69) is 34.1 Å². The zero-order chi connectivity index (χ0) is 20.5. The molecule has 158 valence electrons. The van der Waals surface area contributed by atoms with Gasteiger partial charge in [-0.05, 0) is 57.4 Å². The number of thiophene rings is 1. The minimum atomic E-state index is 0.472. The van der Waals surface area contributed by atoms with E-state index in [4.69, 9.17) is 9.97 Å². The van der Waals surface area contributed by atoms with Crippen molar-refractivity contribution in [3.05, 3.63) is 35.0 Å². The van der Waals surface area contributed by atoms with Crippen LogP contribution in [0.25, 0.3) is 21.6 Å². The number of fused-ring (bicyclic) bond motifs is 3. The molecular formula is C23H30N6S. The van der Waals surface area contributed by atoms with Crippen molar-refractivity contribution in [1.29, 1.82) is 0 Å². The van der Waals surface area contributed by atoms with Crippen molar-refractivity contribution in [2.75, 3.05) is 45.1 Å². The van der Waals surface area contributed by atoms with E-state index in [1.807, 2.05) is 29.7 Å². The minimum Gasteiger partial charge on any atom is -0.368 e. The third kappa shape index (κ3) is 3.94. The quantitative estimate of drug-likeness (QED) is 0.677. The van der Waals surface area contributed by atoms with E-state index in [0.29, 0.717) is 6.04 Å². The fraction of sp³-hybridized carbons (Fsp3) is 0.522. The second-order valence-corrected chi connectivity index (χ2v) is 9.68. The third-order valence-electron chi connectivity index (χ3n) is 6.46. The van der Waals surface area contributed by atoms with Crippen LogP contribution in [0.5, 0.6) is 0 Å².